The number of pyridine rings is 1. The van der Waals surface area contributed by atoms with Gasteiger partial charge in [-0.1, -0.05) is 12.1 Å². The van der Waals surface area contributed by atoms with Crippen molar-refractivity contribution in [1.29, 1.82) is 0 Å². The minimum Gasteiger partial charge on any atom is -0.469 e. The number of carbonyl (C=O) groups excluding carboxylic acids is 1. The summed E-state index contributed by atoms with van der Waals surface area (Å²) in [5.41, 5.74) is 1.07. The fourth-order valence-electron chi connectivity index (χ4n) is 3.98. The maximum Gasteiger partial charge on any atom is 0.416 e. The molecule has 2 atom stereocenters. The Hall–Kier alpha value is -3.40. The van der Waals surface area contributed by atoms with E-state index in [-0.39, 0.29) is 25.0 Å². The van der Waals surface area contributed by atoms with E-state index in [0.29, 0.717) is 16.5 Å². The number of methoxy groups -OCH3 is 1. The van der Waals surface area contributed by atoms with Crippen molar-refractivity contribution in [1.82, 2.24) is 19.8 Å². The second-order valence-corrected chi connectivity index (χ2v) is 7.88. The summed E-state index contributed by atoms with van der Waals surface area (Å²) in [4.78, 5) is 18.1. The van der Waals surface area contributed by atoms with Gasteiger partial charge in [-0.15, -0.1) is 0 Å². The van der Waals surface area contributed by atoms with Gasteiger partial charge in [-0.3, -0.25) is 9.78 Å². The van der Waals surface area contributed by atoms with Crippen LogP contribution in [0, 0.1) is 0 Å². The average Bonchev–Trinajstić information content (AvgIpc) is 3.41. The number of benzene rings is 1. The largest absolute Gasteiger partial charge is 0.469 e. The van der Waals surface area contributed by atoms with E-state index in [1.54, 1.807) is 35.2 Å². The number of carbonyl (C=O) groups is 1. The Bertz CT molecular complexity index is 1150. The van der Waals surface area contributed by atoms with E-state index in [0.717, 1.165) is 17.8 Å². The molecule has 0 radical (unpaired) electrons. The van der Waals surface area contributed by atoms with Crippen molar-refractivity contribution in [2.45, 2.75) is 24.7 Å². The molecule has 0 unspecified atom stereocenters. The summed E-state index contributed by atoms with van der Waals surface area (Å²) in [5, 5.41) is 3.69. The molecular weight excluding hydrogens is 453 g/mol. The van der Waals surface area contributed by atoms with Crippen molar-refractivity contribution < 1.29 is 22.7 Å². The Morgan fingerprint density at radius 3 is 2.70 bits per heavy atom. The predicted octanol–water partition coefficient (Wildman–Crippen LogP) is 4.43. The summed E-state index contributed by atoms with van der Waals surface area (Å²) >= 11 is 5.56. The van der Waals surface area contributed by atoms with E-state index in [1.807, 2.05) is 23.1 Å². The van der Waals surface area contributed by atoms with Crippen molar-refractivity contribution in [3.05, 3.63) is 83.9 Å². The monoisotopic (exact) mass is 474 g/mol. The van der Waals surface area contributed by atoms with Crippen LogP contribution in [0.5, 0.6) is 0 Å². The maximum atomic E-state index is 13.3. The molecule has 2 aromatic heterocycles. The number of hydrogen-bond donors (Lipinski definition) is 1. The molecule has 1 aliphatic rings. The zero-order valence-electron chi connectivity index (χ0n) is 17.6. The number of alkyl halides is 3. The summed E-state index contributed by atoms with van der Waals surface area (Å²) in [6, 6.07) is 13.5. The summed E-state index contributed by atoms with van der Waals surface area (Å²) < 4.78 is 46.4. The van der Waals surface area contributed by atoms with E-state index < -0.39 is 17.8 Å². The second-order valence-electron chi connectivity index (χ2n) is 7.50. The molecule has 0 saturated carbocycles. The third-order valence-corrected chi connectivity index (χ3v) is 5.87. The standard InChI is InChI=1S/C23H21F3N4O2S/c1-32-19(31)10-13-30-21(20(28-22(30)33)17-8-2-3-11-27-17)18-9-5-12-29(18)16-7-4-6-15(14-16)23(24,25)26/h2-9,11-12,14,20-21H,10,13H2,1H3,(H,28,33)/t20-,21+/m0/s1. The van der Waals surface area contributed by atoms with Crippen LogP contribution >= 0.6 is 12.2 Å². The topological polar surface area (TPSA) is 59.4 Å². The SMILES string of the molecule is COC(=O)CCN1C(=S)N[C@@H](c2ccccn2)[C@H]1c1cccn1-c1cccc(C(F)(F)F)c1. The number of nitrogens with zero attached hydrogens (tertiary/aromatic N) is 3. The van der Waals surface area contributed by atoms with Crippen LogP contribution in [0.4, 0.5) is 13.2 Å². The normalized spacial score (nSPS) is 18.3. The van der Waals surface area contributed by atoms with Gasteiger partial charge in [0.2, 0.25) is 0 Å². The first kappa shape index (κ1) is 22.8. The van der Waals surface area contributed by atoms with Crippen molar-refractivity contribution >= 4 is 23.3 Å². The van der Waals surface area contributed by atoms with Gasteiger partial charge in [-0.25, -0.2) is 0 Å². The number of esters is 1. The molecule has 0 spiro atoms. The lowest BCUT2D eigenvalue weighted by Crippen LogP contribution is -2.32. The fourth-order valence-corrected chi connectivity index (χ4v) is 4.32. The molecule has 1 N–H and O–H groups in total. The highest BCUT2D eigenvalue weighted by molar-refractivity contribution is 7.80. The first-order valence-electron chi connectivity index (χ1n) is 10.2. The molecule has 0 bridgehead atoms. The van der Waals surface area contributed by atoms with Gasteiger partial charge in [-0.2, -0.15) is 13.2 Å². The number of aromatic nitrogens is 2. The quantitative estimate of drug-likeness (QED) is 0.422. The first-order chi connectivity index (χ1) is 15.8. The summed E-state index contributed by atoms with van der Waals surface area (Å²) in [6.45, 7) is 0.278. The van der Waals surface area contributed by atoms with Crippen LogP contribution in [0.1, 0.15) is 35.5 Å². The lowest BCUT2D eigenvalue weighted by molar-refractivity contribution is -0.141. The van der Waals surface area contributed by atoms with Gasteiger partial charge in [-0.05, 0) is 54.7 Å². The van der Waals surface area contributed by atoms with Gasteiger partial charge in [0.15, 0.2) is 5.11 Å². The molecule has 4 rings (SSSR count). The highest BCUT2D eigenvalue weighted by atomic mass is 32.1. The number of thiocarbonyl (C=S) groups is 1. The molecule has 1 aromatic carbocycles. The van der Waals surface area contributed by atoms with Crippen molar-refractivity contribution in [2.24, 2.45) is 0 Å². The average molecular weight is 475 g/mol. The third kappa shape index (κ3) is 4.70. The zero-order chi connectivity index (χ0) is 23.6. The van der Waals surface area contributed by atoms with Crippen LogP contribution in [0.3, 0.4) is 0 Å². The zero-order valence-corrected chi connectivity index (χ0v) is 18.4. The maximum absolute atomic E-state index is 13.3. The van der Waals surface area contributed by atoms with E-state index in [9.17, 15) is 18.0 Å². The van der Waals surface area contributed by atoms with Crippen LogP contribution in [-0.2, 0) is 15.7 Å². The van der Waals surface area contributed by atoms with Gasteiger partial charge in [0.25, 0.3) is 0 Å². The molecule has 1 saturated heterocycles. The third-order valence-electron chi connectivity index (χ3n) is 5.52. The van der Waals surface area contributed by atoms with Gasteiger partial charge < -0.3 is 19.5 Å². The van der Waals surface area contributed by atoms with Gasteiger partial charge in [0.1, 0.15) is 0 Å². The minimum absolute atomic E-state index is 0.105. The van der Waals surface area contributed by atoms with Crippen LogP contribution in [0.15, 0.2) is 67.0 Å². The Kier molecular flexibility index (Phi) is 6.37. The Morgan fingerprint density at radius 2 is 2.00 bits per heavy atom. The van der Waals surface area contributed by atoms with E-state index in [1.165, 1.54) is 13.2 Å². The number of halogens is 3. The molecule has 172 valence electrons. The van der Waals surface area contributed by atoms with Gasteiger partial charge >= 0.3 is 12.1 Å². The van der Waals surface area contributed by atoms with Gasteiger partial charge in [0, 0.05) is 30.3 Å². The summed E-state index contributed by atoms with van der Waals surface area (Å²) in [5.74, 6) is -0.383. The number of nitrogens with one attached hydrogen (secondary N) is 1. The predicted molar refractivity (Wildman–Crippen MR) is 120 cm³/mol. The molecule has 6 nitrogen and oxygen atoms in total. The minimum atomic E-state index is -4.46. The van der Waals surface area contributed by atoms with Crippen LogP contribution in [0.25, 0.3) is 5.69 Å². The Balaban J connectivity index is 1.78. The highest BCUT2D eigenvalue weighted by Gasteiger charge is 2.41. The Morgan fingerprint density at radius 1 is 1.18 bits per heavy atom. The lowest BCUT2D eigenvalue weighted by Gasteiger charge is -2.28. The number of rotatable bonds is 6. The number of ether oxygens (including phenoxy) is 1. The van der Waals surface area contributed by atoms with Crippen molar-refractivity contribution in [3.63, 3.8) is 0 Å². The van der Waals surface area contributed by atoms with Crippen molar-refractivity contribution in [2.75, 3.05) is 13.7 Å². The van der Waals surface area contributed by atoms with Gasteiger partial charge in [0.05, 0.1) is 36.9 Å². The van der Waals surface area contributed by atoms with Crippen LogP contribution < -0.4 is 5.32 Å². The summed E-state index contributed by atoms with van der Waals surface area (Å²) in [7, 11) is 1.32. The molecule has 3 heterocycles. The molecule has 0 aliphatic carbocycles. The molecule has 0 amide bonds. The highest BCUT2D eigenvalue weighted by Crippen LogP contribution is 2.40. The van der Waals surface area contributed by atoms with E-state index in [4.69, 9.17) is 17.0 Å². The molecule has 10 heteroatoms. The van der Waals surface area contributed by atoms with E-state index >= 15 is 0 Å². The summed E-state index contributed by atoms with van der Waals surface area (Å²) in [6.07, 6.45) is -0.975. The fraction of sp³-hybridized carbons (Fsp3) is 0.261. The lowest BCUT2D eigenvalue weighted by atomic mass is 10.0. The molecule has 1 fully saturated rings. The van der Waals surface area contributed by atoms with Crippen LogP contribution in [0.2, 0.25) is 0 Å². The van der Waals surface area contributed by atoms with Crippen LogP contribution in [-0.4, -0.2) is 39.2 Å². The molecular formula is C23H21F3N4O2S. The molecule has 3 aromatic rings. The second kappa shape index (κ2) is 9.22. The smallest absolute Gasteiger partial charge is 0.416 e. The molecule has 33 heavy (non-hydrogen) atoms. The first-order valence-corrected chi connectivity index (χ1v) is 10.6. The molecule has 1 aliphatic heterocycles. The Labute approximate surface area is 194 Å². The van der Waals surface area contributed by atoms with E-state index in [2.05, 4.69) is 10.3 Å². The number of hydrogen-bond acceptors (Lipinski definition) is 4. The van der Waals surface area contributed by atoms with Crippen molar-refractivity contribution in [3.8, 4) is 5.69 Å².